The van der Waals surface area contributed by atoms with Crippen molar-refractivity contribution in [2.45, 2.75) is 38.9 Å². The summed E-state index contributed by atoms with van der Waals surface area (Å²) in [6.45, 7) is 8.36. The number of ether oxygens (including phenoxy) is 1. The van der Waals surface area contributed by atoms with Gasteiger partial charge >= 0.3 is 7.12 Å². The average Bonchev–Trinajstić information content (AvgIpc) is 3.78. The van der Waals surface area contributed by atoms with E-state index < -0.39 is 18.3 Å². The number of hydrogen-bond acceptors (Lipinski definition) is 3. The minimum absolute atomic E-state index is 0.494. The minimum atomic E-state index is -0.568. The summed E-state index contributed by atoms with van der Waals surface area (Å²) in [6.07, 6.45) is 0. The van der Waals surface area contributed by atoms with E-state index >= 15 is 0 Å². The molecule has 0 spiro atoms. The van der Waals surface area contributed by atoms with E-state index in [2.05, 4.69) is 195 Å². The van der Waals surface area contributed by atoms with Gasteiger partial charge in [0.1, 0.15) is 11.5 Å². The molecular formula is C48H39BN2O3. The Balaban J connectivity index is 1.13. The fourth-order valence-electron chi connectivity index (χ4n) is 8.07. The lowest BCUT2D eigenvalue weighted by atomic mass is 9.77. The van der Waals surface area contributed by atoms with Crippen molar-refractivity contribution in [1.82, 2.24) is 9.13 Å². The van der Waals surface area contributed by atoms with Crippen molar-refractivity contribution in [2.75, 3.05) is 0 Å². The minimum Gasteiger partial charge on any atom is -0.457 e. The van der Waals surface area contributed by atoms with Crippen molar-refractivity contribution in [2.24, 2.45) is 0 Å². The Bertz CT molecular complexity index is 2780. The molecule has 6 heteroatoms. The van der Waals surface area contributed by atoms with Gasteiger partial charge in [0.2, 0.25) is 0 Å². The Morgan fingerprint density at radius 1 is 0.463 bits per heavy atom. The van der Waals surface area contributed by atoms with Crippen LogP contribution in [-0.2, 0) is 9.31 Å². The van der Waals surface area contributed by atoms with Gasteiger partial charge in [-0.3, -0.25) is 0 Å². The van der Waals surface area contributed by atoms with Crippen molar-refractivity contribution in [3.8, 4) is 34.0 Å². The molecule has 10 rings (SSSR count). The largest absolute Gasteiger partial charge is 0.494 e. The first-order chi connectivity index (χ1) is 26.3. The van der Waals surface area contributed by atoms with E-state index in [1.807, 2.05) is 6.07 Å². The second-order valence-electron chi connectivity index (χ2n) is 15.2. The van der Waals surface area contributed by atoms with Gasteiger partial charge in [-0.2, -0.15) is 0 Å². The van der Waals surface area contributed by atoms with E-state index in [0.717, 1.165) is 55.8 Å². The molecule has 0 unspecified atom stereocenters. The highest BCUT2D eigenvalue weighted by molar-refractivity contribution is 6.62. The molecule has 5 nitrogen and oxygen atoms in total. The molecule has 0 bridgehead atoms. The lowest BCUT2D eigenvalue weighted by Crippen LogP contribution is -2.41. The SMILES string of the molecule is CC1(C)OB(c2cc(Oc3cccc(-n4c5ccccc5c5ccccc54)c3)cc(-c3ccccc3-n3c4ccccc4c4ccccc43)c2)OC1(C)C. The molecule has 9 aromatic rings. The second kappa shape index (κ2) is 12.2. The summed E-state index contributed by atoms with van der Waals surface area (Å²) in [6, 6.07) is 57.7. The van der Waals surface area contributed by atoms with Gasteiger partial charge in [-0.15, -0.1) is 0 Å². The van der Waals surface area contributed by atoms with Crippen molar-refractivity contribution in [3.63, 3.8) is 0 Å². The van der Waals surface area contributed by atoms with Crippen molar-refractivity contribution in [1.29, 1.82) is 0 Å². The van der Waals surface area contributed by atoms with Crippen LogP contribution in [0.4, 0.5) is 0 Å². The molecule has 1 aliphatic heterocycles. The number of nitrogens with zero attached hydrogens (tertiary/aromatic N) is 2. The molecule has 1 aliphatic rings. The first-order valence-electron chi connectivity index (χ1n) is 18.6. The maximum Gasteiger partial charge on any atom is 0.494 e. The zero-order valence-electron chi connectivity index (χ0n) is 30.8. The summed E-state index contributed by atoms with van der Waals surface area (Å²) < 4.78 is 24.8. The highest BCUT2D eigenvalue weighted by Gasteiger charge is 2.52. The number of para-hydroxylation sites is 5. The Morgan fingerprint density at radius 2 is 0.963 bits per heavy atom. The number of benzene rings is 7. The van der Waals surface area contributed by atoms with Crippen molar-refractivity contribution < 1.29 is 14.0 Å². The molecule has 0 aliphatic carbocycles. The summed E-state index contributed by atoms with van der Waals surface area (Å²) in [4.78, 5) is 0. The standard InChI is InChI=1S/C48H39BN2O3/c1-47(2)48(3,4)54-49(53-47)33-28-32(37-18-5-10-23-42(37)51-45-26-13-8-21-40(45)41-22-9-14-27-46(41)51)29-36(30-33)52-35-17-15-16-34(31-35)50-43-24-11-6-19-38(43)39-20-7-12-25-44(39)50/h5-31H,1-4H3. The van der Waals surface area contributed by atoms with E-state index in [-0.39, 0.29) is 0 Å². The Kier molecular flexibility index (Phi) is 7.38. The van der Waals surface area contributed by atoms with Crippen LogP contribution in [0.3, 0.4) is 0 Å². The predicted octanol–water partition coefficient (Wildman–Crippen LogP) is 11.6. The molecule has 2 aromatic heterocycles. The van der Waals surface area contributed by atoms with Crippen LogP contribution in [0, 0.1) is 0 Å². The highest BCUT2D eigenvalue weighted by atomic mass is 16.7. The molecule has 262 valence electrons. The first-order valence-corrected chi connectivity index (χ1v) is 18.6. The molecule has 0 amide bonds. The van der Waals surface area contributed by atoms with Gasteiger partial charge < -0.3 is 23.2 Å². The van der Waals surface area contributed by atoms with Gasteiger partial charge in [0.15, 0.2) is 0 Å². The molecule has 0 saturated carbocycles. The Labute approximate surface area is 315 Å². The third-order valence-corrected chi connectivity index (χ3v) is 11.4. The fraction of sp³-hybridized carbons (Fsp3) is 0.125. The maximum atomic E-state index is 6.85. The van der Waals surface area contributed by atoms with Crippen LogP contribution in [0.1, 0.15) is 27.7 Å². The molecule has 0 N–H and O–H groups in total. The van der Waals surface area contributed by atoms with E-state index in [1.165, 1.54) is 21.5 Å². The monoisotopic (exact) mass is 702 g/mol. The van der Waals surface area contributed by atoms with Gasteiger partial charge in [0, 0.05) is 38.9 Å². The zero-order chi connectivity index (χ0) is 36.6. The molecule has 1 saturated heterocycles. The lowest BCUT2D eigenvalue weighted by Gasteiger charge is -2.32. The molecule has 7 aromatic carbocycles. The lowest BCUT2D eigenvalue weighted by molar-refractivity contribution is 0.00578. The Hall–Kier alpha value is -6.08. The van der Waals surface area contributed by atoms with Crippen molar-refractivity contribution >= 4 is 56.2 Å². The van der Waals surface area contributed by atoms with Crippen LogP contribution in [0.25, 0.3) is 66.1 Å². The number of fused-ring (bicyclic) bond motifs is 6. The van der Waals surface area contributed by atoms with E-state index in [4.69, 9.17) is 14.0 Å². The fourth-order valence-corrected chi connectivity index (χ4v) is 8.07. The average molecular weight is 703 g/mol. The van der Waals surface area contributed by atoms with Crippen LogP contribution < -0.4 is 10.2 Å². The predicted molar refractivity (Wildman–Crippen MR) is 223 cm³/mol. The summed E-state index contributed by atoms with van der Waals surface area (Å²) in [5, 5.41) is 4.89. The van der Waals surface area contributed by atoms with Gasteiger partial charge in [-0.1, -0.05) is 103 Å². The maximum absolute atomic E-state index is 6.85. The third-order valence-electron chi connectivity index (χ3n) is 11.4. The van der Waals surface area contributed by atoms with E-state index in [0.29, 0.717) is 5.75 Å². The van der Waals surface area contributed by atoms with Crippen LogP contribution >= 0.6 is 0 Å². The number of hydrogen-bond donors (Lipinski definition) is 0. The second-order valence-corrected chi connectivity index (χ2v) is 15.2. The number of rotatable bonds is 6. The summed E-state index contributed by atoms with van der Waals surface area (Å²) >= 11 is 0. The van der Waals surface area contributed by atoms with Gasteiger partial charge in [0.05, 0.1) is 39.0 Å². The topological polar surface area (TPSA) is 37.5 Å². The normalized spacial score (nSPS) is 15.1. The first kappa shape index (κ1) is 32.6. The van der Waals surface area contributed by atoms with Crippen LogP contribution in [0.2, 0.25) is 0 Å². The van der Waals surface area contributed by atoms with Gasteiger partial charge in [-0.25, -0.2) is 0 Å². The molecular weight excluding hydrogens is 663 g/mol. The van der Waals surface area contributed by atoms with E-state index in [9.17, 15) is 0 Å². The van der Waals surface area contributed by atoms with Gasteiger partial charge in [0.25, 0.3) is 0 Å². The highest BCUT2D eigenvalue weighted by Crippen LogP contribution is 2.40. The molecule has 0 atom stereocenters. The summed E-state index contributed by atoms with van der Waals surface area (Å²) in [7, 11) is -0.568. The van der Waals surface area contributed by atoms with E-state index in [1.54, 1.807) is 0 Å². The number of aromatic nitrogens is 2. The molecule has 54 heavy (non-hydrogen) atoms. The van der Waals surface area contributed by atoms with Gasteiger partial charge in [-0.05, 0) is 93.3 Å². The quantitative estimate of drug-likeness (QED) is 0.162. The van der Waals surface area contributed by atoms with Crippen LogP contribution in [-0.4, -0.2) is 27.5 Å². The molecule has 0 radical (unpaired) electrons. The smallest absolute Gasteiger partial charge is 0.457 e. The summed E-state index contributed by atoms with van der Waals surface area (Å²) in [5.41, 5.74) is 8.74. The third kappa shape index (κ3) is 5.17. The molecule has 3 heterocycles. The molecule has 1 fully saturated rings. The summed E-state index contributed by atoms with van der Waals surface area (Å²) in [5.74, 6) is 1.44. The van der Waals surface area contributed by atoms with Crippen molar-refractivity contribution in [3.05, 3.63) is 164 Å². The zero-order valence-corrected chi connectivity index (χ0v) is 30.8. The van der Waals surface area contributed by atoms with Crippen LogP contribution in [0.15, 0.2) is 164 Å². The Morgan fingerprint density at radius 3 is 1.54 bits per heavy atom. The van der Waals surface area contributed by atoms with Crippen LogP contribution in [0.5, 0.6) is 11.5 Å².